The molecule has 3 nitrogen and oxygen atoms in total. The van der Waals surface area contributed by atoms with Gasteiger partial charge in [0.1, 0.15) is 10.6 Å². The molecule has 2 rings (SSSR count). The SMILES string of the molecule is Nc1ccc2[nH]c(=S)sc2n1. The van der Waals surface area contributed by atoms with Crippen LogP contribution < -0.4 is 5.73 Å². The Labute approximate surface area is 71.9 Å². The van der Waals surface area contributed by atoms with Crippen LogP contribution in [0.2, 0.25) is 0 Å². The zero-order chi connectivity index (χ0) is 7.84. The highest BCUT2D eigenvalue weighted by atomic mass is 32.1. The first-order chi connectivity index (χ1) is 5.25. The van der Waals surface area contributed by atoms with Crippen LogP contribution in [0.1, 0.15) is 0 Å². The van der Waals surface area contributed by atoms with Crippen molar-refractivity contribution in [1.29, 1.82) is 0 Å². The summed E-state index contributed by atoms with van der Waals surface area (Å²) in [6.07, 6.45) is 0. The van der Waals surface area contributed by atoms with Gasteiger partial charge in [-0.1, -0.05) is 11.3 Å². The van der Waals surface area contributed by atoms with Gasteiger partial charge in [-0.3, -0.25) is 0 Å². The number of nitrogens with zero attached hydrogens (tertiary/aromatic N) is 1. The van der Waals surface area contributed by atoms with E-state index in [4.69, 9.17) is 18.0 Å². The lowest BCUT2D eigenvalue weighted by Gasteiger charge is -1.88. The third-order valence-corrected chi connectivity index (χ3v) is 2.45. The van der Waals surface area contributed by atoms with Crippen molar-refractivity contribution >= 4 is 39.7 Å². The fraction of sp³-hybridized carbons (Fsp3) is 0. The van der Waals surface area contributed by atoms with Crippen LogP contribution in [0, 0.1) is 3.95 Å². The second-order valence-corrected chi connectivity index (χ2v) is 3.77. The van der Waals surface area contributed by atoms with Gasteiger partial charge in [0.2, 0.25) is 0 Å². The van der Waals surface area contributed by atoms with Gasteiger partial charge in [0.15, 0.2) is 3.95 Å². The van der Waals surface area contributed by atoms with Crippen LogP contribution in [0.15, 0.2) is 12.1 Å². The molecule has 0 spiro atoms. The largest absolute Gasteiger partial charge is 0.384 e. The number of anilines is 1. The second-order valence-electron chi connectivity index (χ2n) is 2.10. The molecule has 0 amide bonds. The molecule has 5 heteroatoms. The van der Waals surface area contributed by atoms with Crippen molar-refractivity contribution in [3.8, 4) is 0 Å². The van der Waals surface area contributed by atoms with Crippen LogP contribution in [-0.4, -0.2) is 9.97 Å². The standard InChI is InChI=1S/C6H5N3S2/c7-4-2-1-3-5(9-4)11-6(10)8-3/h1-2H,(H2,7,9)(H,8,10). The molecule has 0 bridgehead atoms. The molecule has 0 atom stereocenters. The van der Waals surface area contributed by atoms with Gasteiger partial charge in [-0.25, -0.2) is 4.98 Å². The molecule has 2 aromatic rings. The molecule has 3 N–H and O–H groups in total. The Morgan fingerprint density at radius 2 is 2.36 bits per heavy atom. The Hall–Kier alpha value is -0.940. The number of aromatic amines is 1. The van der Waals surface area contributed by atoms with E-state index in [-0.39, 0.29) is 0 Å². The van der Waals surface area contributed by atoms with Gasteiger partial charge in [0.25, 0.3) is 0 Å². The number of rotatable bonds is 0. The van der Waals surface area contributed by atoms with Crippen molar-refractivity contribution in [2.75, 3.05) is 5.73 Å². The molecule has 0 aliphatic heterocycles. The number of nitrogens with two attached hydrogens (primary N) is 1. The van der Waals surface area contributed by atoms with Gasteiger partial charge in [0, 0.05) is 0 Å². The monoisotopic (exact) mass is 183 g/mol. The zero-order valence-corrected chi connectivity index (χ0v) is 7.13. The Bertz CT molecular complexity index is 442. The first-order valence-corrected chi connectivity index (χ1v) is 4.23. The Balaban J connectivity index is 2.92. The number of fused-ring (bicyclic) bond motifs is 1. The number of aromatic nitrogens is 2. The average molecular weight is 183 g/mol. The van der Waals surface area contributed by atoms with Crippen LogP contribution in [0.4, 0.5) is 5.82 Å². The van der Waals surface area contributed by atoms with Crippen molar-refractivity contribution in [2.24, 2.45) is 0 Å². The predicted molar refractivity (Wildman–Crippen MR) is 49.2 cm³/mol. The number of pyridine rings is 1. The van der Waals surface area contributed by atoms with E-state index in [1.165, 1.54) is 11.3 Å². The molecule has 0 saturated heterocycles. The summed E-state index contributed by atoms with van der Waals surface area (Å²) in [6.45, 7) is 0. The maximum atomic E-state index is 5.48. The Morgan fingerprint density at radius 1 is 1.55 bits per heavy atom. The maximum Gasteiger partial charge on any atom is 0.160 e. The highest BCUT2D eigenvalue weighted by molar-refractivity contribution is 7.73. The minimum atomic E-state index is 0.530. The van der Waals surface area contributed by atoms with Gasteiger partial charge in [0.05, 0.1) is 5.52 Å². The molecule has 0 fully saturated rings. The van der Waals surface area contributed by atoms with Gasteiger partial charge in [-0.15, -0.1) is 0 Å². The fourth-order valence-corrected chi connectivity index (χ4v) is 1.91. The smallest absolute Gasteiger partial charge is 0.160 e. The van der Waals surface area contributed by atoms with E-state index in [0.717, 1.165) is 14.3 Å². The fourth-order valence-electron chi connectivity index (χ4n) is 0.851. The molecule has 56 valence electrons. The van der Waals surface area contributed by atoms with Crippen molar-refractivity contribution in [3.63, 3.8) is 0 Å². The molecule has 0 aliphatic carbocycles. The summed E-state index contributed by atoms with van der Waals surface area (Å²) in [5.74, 6) is 0.530. The summed E-state index contributed by atoms with van der Waals surface area (Å²) in [7, 11) is 0. The Morgan fingerprint density at radius 3 is 3.18 bits per heavy atom. The topological polar surface area (TPSA) is 54.7 Å². The van der Waals surface area contributed by atoms with E-state index < -0.39 is 0 Å². The van der Waals surface area contributed by atoms with E-state index >= 15 is 0 Å². The number of nitrogen functional groups attached to an aromatic ring is 1. The van der Waals surface area contributed by atoms with Crippen LogP contribution >= 0.6 is 23.6 Å². The van der Waals surface area contributed by atoms with Gasteiger partial charge < -0.3 is 10.7 Å². The number of hydrogen-bond acceptors (Lipinski definition) is 4. The third kappa shape index (κ3) is 1.12. The molecular weight excluding hydrogens is 178 g/mol. The minimum Gasteiger partial charge on any atom is -0.384 e. The summed E-state index contributed by atoms with van der Waals surface area (Å²) in [6, 6.07) is 3.63. The lowest BCUT2D eigenvalue weighted by Crippen LogP contribution is -1.87. The van der Waals surface area contributed by atoms with Crippen LogP contribution in [-0.2, 0) is 0 Å². The lowest BCUT2D eigenvalue weighted by molar-refractivity contribution is 1.40. The van der Waals surface area contributed by atoms with Crippen LogP contribution in [0.5, 0.6) is 0 Å². The van der Waals surface area contributed by atoms with Gasteiger partial charge >= 0.3 is 0 Å². The van der Waals surface area contributed by atoms with Gasteiger partial charge in [-0.2, -0.15) is 0 Å². The average Bonchev–Trinajstić information content (AvgIpc) is 2.27. The third-order valence-electron chi connectivity index (χ3n) is 1.31. The first kappa shape index (κ1) is 6.75. The van der Waals surface area contributed by atoms with Crippen molar-refractivity contribution in [1.82, 2.24) is 9.97 Å². The van der Waals surface area contributed by atoms with E-state index in [1.54, 1.807) is 6.07 Å². The summed E-state index contributed by atoms with van der Waals surface area (Å²) in [5, 5.41) is 0. The minimum absolute atomic E-state index is 0.530. The maximum absolute atomic E-state index is 5.48. The highest BCUT2D eigenvalue weighted by Crippen LogP contribution is 2.17. The van der Waals surface area contributed by atoms with Crippen molar-refractivity contribution in [3.05, 3.63) is 16.1 Å². The molecular formula is C6H5N3S2. The molecule has 0 aliphatic rings. The molecule has 2 aromatic heterocycles. The van der Waals surface area contributed by atoms with Crippen molar-refractivity contribution in [2.45, 2.75) is 0 Å². The normalized spacial score (nSPS) is 10.5. The molecule has 2 heterocycles. The number of thiazole rings is 1. The first-order valence-electron chi connectivity index (χ1n) is 3.01. The molecule has 0 saturated carbocycles. The molecule has 0 aromatic carbocycles. The number of H-pyrrole nitrogens is 1. The molecule has 0 radical (unpaired) electrons. The summed E-state index contributed by atoms with van der Waals surface area (Å²) in [5.41, 5.74) is 6.43. The number of nitrogens with one attached hydrogen (secondary N) is 1. The van der Waals surface area contributed by atoms with Crippen molar-refractivity contribution < 1.29 is 0 Å². The lowest BCUT2D eigenvalue weighted by atomic mass is 10.4. The number of hydrogen-bond donors (Lipinski definition) is 2. The Kier molecular flexibility index (Phi) is 1.40. The van der Waals surface area contributed by atoms with Gasteiger partial charge in [-0.05, 0) is 24.4 Å². The van der Waals surface area contributed by atoms with E-state index in [9.17, 15) is 0 Å². The summed E-state index contributed by atoms with van der Waals surface area (Å²) >= 11 is 6.37. The predicted octanol–water partition coefficient (Wildman–Crippen LogP) is 1.94. The quantitative estimate of drug-likeness (QED) is 0.614. The summed E-state index contributed by atoms with van der Waals surface area (Å²) in [4.78, 5) is 7.97. The summed E-state index contributed by atoms with van der Waals surface area (Å²) < 4.78 is 0.734. The molecule has 11 heavy (non-hydrogen) atoms. The van der Waals surface area contributed by atoms with E-state index in [0.29, 0.717) is 5.82 Å². The van der Waals surface area contributed by atoms with Crippen LogP contribution in [0.25, 0.3) is 10.3 Å². The highest BCUT2D eigenvalue weighted by Gasteiger charge is 1.96. The van der Waals surface area contributed by atoms with E-state index in [2.05, 4.69) is 9.97 Å². The second kappa shape index (κ2) is 2.28. The molecule has 0 unspecified atom stereocenters. The zero-order valence-electron chi connectivity index (χ0n) is 5.50. The van der Waals surface area contributed by atoms with Crippen LogP contribution in [0.3, 0.4) is 0 Å². The van der Waals surface area contributed by atoms with E-state index in [1.807, 2.05) is 6.07 Å².